The highest BCUT2D eigenvalue weighted by atomic mass is 32.2. The second-order valence-corrected chi connectivity index (χ2v) is 12.6. The Labute approximate surface area is 196 Å². The van der Waals surface area contributed by atoms with Crippen LogP contribution in [-0.4, -0.2) is 50.5 Å². The predicted octanol–water partition coefficient (Wildman–Crippen LogP) is 3.60. The third kappa shape index (κ3) is 3.33. The average molecular weight is 503 g/mol. The molecule has 4 aromatic rings. The quantitative estimate of drug-likeness (QED) is 0.379. The molecule has 0 radical (unpaired) electrons. The minimum Gasteiger partial charge on any atom is -0.465 e. The highest BCUT2D eigenvalue weighted by Crippen LogP contribution is 2.41. The van der Waals surface area contributed by atoms with Crippen LogP contribution in [-0.2, 0) is 24.6 Å². The van der Waals surface area contributed by atoms with Crippen LogP contribution < -0.4 is 0 Å². The molecule has 2 aromatic carbocycles. The summed E-state index contributed by atoms with van der Waals surface area (Å²) in [4.78, 5) is 13.0. The summed E-state index contributed by atoms with van der Waals surface area (Å²) in [5.41, 5.74) is 2.36. The number of nitrogens with zero attached hydrogens (tertiary/aromatic N) is 2. The van der Waals surface area contributed by atoms with Gasteiger partial charge in [0.05, 0.1) is 39.5 Å². The summed E-state index contributed by atoms with van der Waals surface area (Å²) in [5, 5.41) is 4.24. The van der Waals surface area contributed by atoms with Crippen molar-refractivity contribution < 1.29 is 30.9 Å². The van der Waals surface area contributed by atoms with E-state index in [9.17, 15) is 21.6 Å². The molecule has 1 aliphatic rings. The number of esters is 1. The SMILES string of the molecule is COC(=O)c1cc(-c2c(C)noc2C)cc2c3cc(S(C)(=O)=O)ccc3n(S(=O)(=O)C3CC3)c12. The number of rotatable bonds is 5. The molecule has 0 bridgehead atoms. The molecule has 0 aliphatic heterocycles. The molecule has 34 heavy (non-hydrogen) atoms. The molecule has 0 spiro atoms. The van der Waals surface area contributed by atoms with Crippen LogP contribution in [0.15, 0.2) is 39.8 Å². The summed E-state index contributed by atoms with van der Waals surface area (Å²) in [6.45, 7) is 3.50. The van der Waals surface area contributed by atoms with Crippen LogP contribution in [0.4, 0.5) is 0 Å². The van der Waals surface area contributed by atoms with Gasteiger partial charge in [0.1, 0.15) is 5.76 Å². The molecule has 2 heterocycles. The number of sulfone groups is 1. The van der Waals surface area contributed by atoms with Crippen molar-refractivity contribution in [2.45, 2.75) is 36.8 Å². The maximum absolute atomic E-state index is 13.5. The van der Waals surface area contributed by atoms with E-state index in [0.29, 0.717) is 51.7 Å². The van der Waals surface area contributed by atoms with Crippen molar-refractivity contribution in [1.29, 1.82) is 0 Å². The van der Waals surface area contributed by atoms with Gasteiger partial charge in [-0.2, -0.15) is 0 Å². The Balaban J connectivity index is 2.01. The lowest BCUT2D eigenvalue weighted by molar-refractivity contribution is 0.0602. The lowest BCUT2D eigenvalue weighted by atomic mass is 9.98. The maximum Gasteiger partial charge on any atom is 0.340 e. The van der Waals surface area contributed by atoms with E-state index < -0.39 is 31.1 Å². The number of carbonyl (C=O) groups excluding carboxylic acids is 1. The van der Waals surface area contributed by atoms with E-state index in [1.807, 2.05) is 0 Å². The highest BCUT2D eigenvalue weighted by Gasteiger charge is 2.40. The molecule has 1 saturated carbocycles. The van der Waals surface area contributed by atoms with E-state index in [2.05, 4.69) is 5.16 Å². The highest BCUT2D eigenvalue weighted by molar-refractivity contribution is 7.91. The van der Waals surface area contributed by atoms with Crippen LogP contribution in [0.2, 0.25) is 0 Å². The van der Waals surface area contributed by atoms with Crippen molar-refractivity contribution in [2.24, 2.45) is 0 Å². The molecule has 0 saturated heterocycles. The van der Waals surface area contributed by atoms with Crippen molar-refractivity contribution in [3.05, 3.63) is 47.3 Å². The largest absolute Gasteiger partial charge is 0.465 e. The number of hydrogen-bond donors (Lipinski definition) is 0. The van der Waals surface area contributed by atoms with E-state index in [0.717, 1.165) is 6.26 Å². The summed E-state index contributed by atoms with van der Waals surface area (Å²) < 4.78 is 63.1. The van der Waals surface area contributed by atoms with Gasteiger partial charge in [0.25, 0.3) is 0 Å². The van der Waals surface area contributed by atoms with Gasteiger partial charge in [-0.3, -0.25) is 0 Å². The zero-order valence-electron chi connectivity index (χ0n) is 18.9. The molecule has 0 N–H and O–H groups in total. The number of aromatic nitrogens is 2. The number of benzene rings is 2. The minimum absolute atomic E-state index is 0.0465. The van der Waals surface area contributed by atoms with Crippen LogP contribution in [0.5, 0.6) is 0 Å². The molecule has 11 heteroatoms. The fourth-order valence-corrected chi connectivity index (χ4v) is 6.96. The predicted molar refractivity (Wildman–Crippen MR) is 126 cm³/mol. The Kier molecular flexibility index (Phi) is 4.93. The lowest BCUT2D eigenvalue weighted by Crippen LogP contribution is -2.18. The number of methoxy groups -OCH3 is 1. The van der Waals surface area contributed by atoms with E-state index in [-0.39, 0.29) is 16.0 Å². The van der Waals surface area contributed by atoms with Gasteiger partial charge >= 0.3 is 5.97 Å². The first-order valence-electron chi connectivity index (χ1n) is 10.5. The molecular weight excluding hydrogens is 480 g/mol. The third-order valence-corrected chi connectivity index (χ3v) is 9.46. The van der Waals surface area contributed by atoms with Crippen LogP contribution in [0.3, 0.4) is 0 Å². The monoisotopic (exact) mass is 502 g/mol. The average Bonchev–Trinajstić information content (AvgIpc) is 3.52. The van der Waals surface area contributed by atoms with Gasteiger partial charge < -0.3 is 9.26 Å². The van der Waals surface area contributed by atoms with Gasteiger partial charge in [-0.05, 0) is 62.6 Å². The van der Waals surface area contributed by atoms with E-state index >= 15 is 0 Å². The van der Waals surface area contributed by atoms with E-state index in [4.69, 9.17) is 9.26 Å². The summed E-state index contributed by atoms with van der Waals surface area (Å²) in [5.74, 6) is -0.184. The third-order valence-electron chi connectivity index (χ3n) is 6.15. The zero-order valence-corrected chi connectivity index (χ0v) is 20.6. The first-order chi connectivity index (χ1) is 15.9. The van der Waals surface area contributed by atoms with Crippen LogP contribution in [0.1, 0.15) is 34.7 Å². The van der Waals surface area contributed by atoms with Gasteiger partial charge in [-0.1, -0.05) is 5.16 Å². The van der Waals surface area contributed by atoms with Gasteiger partial charge in [0, 0.05) is 22.6 Å². The van der Waals surface area contributed by atoms with Crippen molar-refractivity contribution >= 4 is 47.6 Å². The van der Waals surface area contributed by atoms with Crippen molar-refractivity contribution in [3.8, 4) is 11.1 Å². The van der Waals surface area contributed by atoms with Crippen LogP contribution in [0, 0.1) is 13.8 Å². The Morgan fingerprint density at radius 1 is 1.09 bits per heavy atom. The smallest absolute Gasteiger partial charge is 0.340 e. The molecule has 2 aromatic heterocycles. The fraction of sp³-hybridized carbons (Fsp3) is 0.304. The van der Waals surface area contributed by atoms with Gasteiger partial charge in [0.2, 0.25) is 10.0 Å². The summed E-state index contributed by atoms with van der Waals surface area (Å²) in [6.07, 6.45) is 2.13. The molecule has 0 amide bonds. The normalized spacial score (nSPS) is 14.7. The molecule has 5 rings (SSSR count). The Bertz CT molecular complexity index is 1700. The van der Waals surface area contributed by atoms with E-state index in [1.165, 1.54) is 29.3 Å². The lowest BCUT2D eigenvalue weighted by Gasteiger charge is -2.12. The molecule has 9 nitrogen and oxygen atoms in total. The summed E-state index contributed by atoms with van der Waals surface area (Å²) in [6, 6.07) is 7.60. The number of fused-ring (bicyclic) bond motifs is 3. The Morgan fingerprint density at radius 2 is 1.79 bits per heavy atom. The van der Waals surface area contributed by atoms with Gasteiger partial charge in [-0.15, -0.1) is 0 Å². The van der Waals surface area contributed by atoms with Crippen molar-refractivity contribution in [1.82, 2.24) is 9.13 Å². The zero-order chi connectivity index (χ0) is 24.6. The van der Waals surface area contributed by atoms with Crippen LogP contribution in [0.25, 0.3) is 32.9 Å². The molecule has 178 valence electrons. The molecule has 1 aliphatic carbocycles. The first-order valence-corrected chi connectivity index (χ1v) is 13.9. The Morgan fingerprint density at radius 3 is 2.35 bits per heavy atom. The molecule has 0 atom stereocenters. The number of hydrogen-bond acceptors (Lipinski definition) is 8. The topological polar surface area (TPSA) is 126 Å². The van der Waals surface area contributed by atoms with Crippen molar-refractivity contribution in [2.75, 3.05) is 13.4 Å². The standard InChI is InChI=1S/C23H22N2O7S2/c1-12-21(13(2)32-24-12)14-9-18-17-11-16(33(4,27)28)7-8-20(17)25(34(29,30)15-5-6-15)22(18)19(10-14)23(26)31-3/h7-11,15H,5-6H2,1-4H3. The summed E-state index contributed by atoms with van der Waals surface area (Å²) in [7, 11) is -6.19. The molecule has 1 fully saturated rings. The maximum atomic E-state index is 13.5. The van der Waals surface area contributed by atoms with E-state index in [1.54, 1.807) is 26.0 Å². The second-order valence-electron chi connectivity index (χ2n) is 8.57. The number of ether oxygens (including phenoxy) is 1. The van der Waals surface area contributed by atoms with Crippen LogP contribution >= 0.6 is 0 Å². The minimum atomic E-state index is -3.84. The Hall–Kier alpha value is -3.18. The van der Waals surface area contributed by atoms with Gasteiger partial charge in [-0.25, -0.2) is 25.6 Å². The molecular formula is C23H22N2O7S2. The molecule has 0 unspecified atom stereocenters. The summed E-state index contributed by atoms with van der Waals surface area (Å²) >= 11 is 0. The van der Waals surface area contributed by atoms with Crippen molar-refractivity contribution in [3.63, 3.8) is 0 Å². The van der Waals surface area contributed by atoms with Gasteiger partial charge in [0.15, 0.2) is 9.84 Å². The first kappa shape index (κ1) is 22.6. The second kappa shape index (κ2) is 7.41. The number of aryl methyl sites for hydroxylation is 2. The fourth-order valence-electron chi connectivity index (χ4n) is 4.40. The number of carbonyl (C=O) groups is 1.